The van der Waals surface area contributed by atoms with Gasteiger partial charge in [-0.2, -0.15) is 4.98 Å². The number of hydrogen-bond donors (Lipinski definition) is 0. The normalized spacial score (nSPS) is 21.4. The Bertz CT molecular complexity index is 672. The molecule has 1 fully saturated rings. The van der Waals surface area contributed by atoms with Crippen LogP contribution in [0, 0.1) is 5.92 Å². The topological polar surface area (TPSA) is 38.2 Å². The van der Waals surface area contributed by atoms with E-state index in [9.17, 15) is 0 Å². The molecule has 1 aliphatic carbocycles. The molecule has 1 aromatic heterocycles. The van der Waals surface area contributed by atoms with Gasteiger partial charge in [-0.1, -0.05) is 35.9 Å². The van der Waals surface area contributed by atoms with Crippen molar-refractivity contribution in [3.63, 3.8) is 0 Å². The summed E-state index contributed by atoms with van der Waals surface area (Å²) < 4.78 is 5.69. The van der Waals surface area contributed by atoms with Crippen LogP contribution in [0.25, 0.3) is 0 Å². The van der Waals surface area contributed by atoms with E-state index in [0.29, 0.717) is 29.6 Å². The molecule has 0 bridgehead atoms. The van der Waals surface area contributed by atoms with Gasteiger partial charge < -0.3 is 4.74 Å². The predicted molar refractivity (Wildman–Crippen MR) is 85.1 cm³/mol. The fraction of sp³-hybridized carbons (Fsp3) is 0.412. The number of hydrogen-bond acceptors (Lipinski definition) is 4. The second kappa shape index (κ2) is 5.86. The highest BCUT2D eigenvalue weighted by Crippen LogP contribution is 2.39. The molecule has 114 valence electrons. The molecule has 0 amide bonds. The van der Waals surface area contributed by atoms with Crippen LogP contribution in [0.5, 0.6) is 5.88 Å². The molecule has 2 heterocycles. The maximum absolute atomic E-state index is 5.80. The maximum Gasteiger partial charge on any atom is 0.233 e. The van der Waals surface area contributed by atoms with E-state index < -0.39 is 0 Å². The first kappa shape index (κ1) is 14.0. The van der Waals surface area contributed by atoms with Gasteiger partial charge >= 0.3 is 0 Å². The number of ether oxygens (including phenoxy) is 1. The van der Waals surface area contributed by atoms with Gasteiger partial charge in [0.1, 0.15) is 0 Å². The third-order valence-electron chi connectivity index (χ3n) is 4.58. The fourth-order valence-corrected chi connectivity index (χ4v) is 3.62. The van der Waals surface area contributed by atoms with Crippen LogP contribution in [0.2, 0.25) is 5.15 Å². The summed E-state index contributed by atoms with van der Waals surface area (Å²) in [5.74, 6) is 1.07. The lowest BCUT2D eigenvalue weighted by atomic mass is 9.96. The van der Waals surface area contributed by atoms with Gasteiger partial charge in [-0.05, 0) is 24.0 Å². The standard InChI is InChI=1S/C17H18ClN3O/c18-16-7-19-8-17(20-16)22-11-12-9-21(10-12)15-6-5-13-3-1-2-4-14(13)15/h1-4,7-8,12,15H,5-6,9-11H2. The summed E-state index contributed by atoms with van der Waals surface area (Å²) in [7, 11) is 0. The van der Waals surface area contributed by atoms with Crippen molar-refractivity contribution in [3.05, 3.63) is 52.9 Å². The molecule has 2 aromatic rings. The highest BCUT2D eigenvalue weighted by molar-refractivity contribution is 6.29. The lowest BCUT2D eigenvalue weighted by Gasteiger charge is -2.43. The number of aromatic nitrogens is 2. The van der Waals surface area contributed by atoms with Crippen molar-refractivity contribution in [1.82, 2.24) is 14.9 Å². The number of fused-ring (bicyclic) bond motifs is 1. The van der Waals surface area contributed by atoms with Gasteiger partial charge in [-0.15, -0.1) is 0 Å². The summed E-state index contributed by atoms with van der Waals surface area (Å²) in [5, 5.41) is 0.371. The second-order valence-electron chi connectivity index (χ2n) is 6.06. The van der Waals surface area contributed by atoms with E-state index in [1.807, 2.05) is 0 Å². The number of rotatable bonds is 4. The molecule has 1 atom stereocenters. The van der Waals surface area contributed by atoms with Gasteiger partial charge in [-0.3, -0.25) is 9.88 Å². The fourth-order valence-electron chi connectivity index (χ4n) is 3.48. The second-order valence-corrected chi connectivity index (χ2v) is 6.45. The van der Waals surface area contributed by atoms with Crippen molar-refractivity contribution in [1.29, 1.82) is 0 Å². The number of benzene rings is 1. The van der Waals surface area contributed by atoms with Crippen LogP contribution in [0.1, 0.15) is 23.6 Å². The molecular formula is C17H18ClN3O. The Balaban J connectivity index is 1.30. The van der Waals surface area contributed by atoms with Crippen LogP contribution in [-0.4, -0.2) is 34.6 Å². The molecule has 0 N–H and O–H groups in total. The van der Waals surface area contributed by atoms with Crippen LogP contribution >= 0.6 is 11.6 Å². The first-order valence-corrected chi connectivity index (χ1v) is 8.09. The minimum Gasteiger partial charge on any atom is -0.476 e. The van der Waals surface area contributed by atoms with Crippen molar-refractivity contribution < 1.29 is 4.74 Å². The highest BCUT2D eigenvalue weighted by atomic mass is 35.5. The zero-order valence-electron chi connectivity index (χ0n) is 12.3. The average molecular weight is 316 g/mol. The molecule has 0 saturated carbocycles. The third kappa shape index (κ3) is 2.69. The molecule has 1 aromatic carbocycles. The summed E-state index contributed by atoms with van der Waals surface area (Å²) >= 11 is 5.80. The van der Waals surface area contributed by atoms with Gasteiger partial charge in [0.15, 0.2) is 5.15 Å². The maximum atomic E-state index is 5.80. The summed E-state index contributed by atoms with van der Waals surface area (Å²) in [6.45, 7) is 2.86. The smallest absolute Gasteiger partial charge is 0.233 e. The van der Waals surface area contributed by atoms with Crippen molar-refractivity contribution in [2.45, 2.75) is 18.9 Å². The Morgan fingerprint density at radius 2 is 2.09 bits per heavy atom. The van der Waals surface area contributed by atoms with Crippen molar-refractivity contribution in [3.8, 4) is 5.88 Å². The van der Waals surface area contributed by atoms with Gasteiger partial charge in [0, 0.05) is 25.0 Å². The largest absolute Gasteiger partial charge is 0.476 e. The molecule has 2 aliphatic rings. The van der Waals surface area contributed by atoms with Gasteiger partial charge in [-0.25, -0.2) is 0 Å². The van der Waals surface area contributed by atoms with Crippen LogP contribution in [0.4, 0.5) is 0 Å². The summed E-state index contributed by atoms with van der Waals surface area (Å²) in [4.78, 5) is 10.6. The molecule has 4 nitrogen and oxygen atoms in total. The number of halogens is 1. The Labute approximate surface area is 135 Å². The number of aryl methyl sites for hydroxylation is 1. The highest BCUT2D eigenvalue weighted by Gasteiger charge is 2.36. The van der Waals surface area contributed by atoms with Gasteiger partial charge in [0.2, 0.25) is 5.88 Å². The zero-order valence-corrected chi connectivity index (χ0v) is 13.0. The molecule has 1 aliphatic heterocycles. The molecule has 0 spiro atoms. The summed E-state index contributed by atoms with van der Waals surface area (Å²) in [6, 6.07) is 9.42. The van der Waals surface area contributed by atoms with Gasteiger partial charge in [0.05, 0.1) is 19.0 Å². The number of likely N-dealkylation sites (tertiary alicyclic amines) is 1. The average Bonchev–Trinajstić information content (AvgIpc) is 2.90. The SMILES string of the molecule is Clc1cncc(OCC2CN(C3CCc4ccccc43)C2)n1. The van der Waals surface area contributed by atoms with Crippen molar-refractivity contribution >= 4 is 11.6 Å². The lowest BCUT2D eigenvalue weighted by Crippen LogP contribution is -2.50. The third-order valence-corrected chi connectivity index (χ3v) is 4.76. The Hall–Kier alpha value is -1.65. The van der Waals surface area contributed by atoms with E-state index >= 15 is 0 Å². The quantitative estimate of drug-likeness (QED) is 0.869. The number of nitrogens with zero attached hydrogens (tertiary/aromatic N) is 3. The Kier molecular flexibility index (Phi) is 3.72. The van der Waals surface area contributed by atoms with Crippen LogP contribution in [0.15, 0.2) is 36.7 Å². The summed E-state index contributed by atoms with van der Waals surface area (Å²) in [5.41, 5.74) is 3.03. The van der Waals surface area contributed by atoms with Crippen LogP contribution in [0.3, 0.4) is 0 Å². The molecule has 4 rings (SSSR count). The predicted octanol–water partition coefficient (Wildman–Crippen LogP) is 3.13. The molecule has 1 saturated heterocycles. The van der Waals surface area contributed by atoms with Gasteiger partial charge in [0.25, 0.3) is 0 Å². The minimum atomic E-state index is 0.371. The van der Waals surface area contributed by atoms with E-state index in [0.717, 1.165) is 13.1 Å². The van der Waals surface area contributed by atoms with Crippen molar-refractivity contribution in [2.75, 3.05) is 19.7 Å². The Morgan fingerprint density at radius 3 is 2.95 bits per heavy atom. The van der Waals surface area contributed by atoms with Crippen LogP contribution < -0.4 is 4.74 Å². The van der Waals surface area contributed by atoms with Crippen LogP contribution in [-0.2, 0) is 6.42 Å². The van der Waals surface area contributed by atoms with E-state index in [-0.39, 0.29) is 0 Å². The molecule has 5 heteroatoms. The van der Waals surface area contributed by atoms with E-state index in [4.69, 9.17) is 16.3 Å². The molecule has 22 heavy (non-hydrogen) atoms. The minimum absolute atomic E-state index is 0.371. The van der Waals surface area contributed by atoms with Crippen molar-refractivity contribution in [2.24, 2.45) is 5.92 Å². The Morgan fingerprint density at radius 1 is 1.23 bits per heavy atom. The van der Waals surface area contributed by atoms with E-state index in [1.165, 1.54) is 30.2 Å². The monoisotopic (exact) mass is 315 g/mol. The summed E-state index contributed by atoms with van der Waals surface area (Å²) in [6.07, 6.45) is 5.57. The van der Waals surface area contributed by atoms with E-state index in [2.05, 4.69) is 39.1 Å². The molecule has 1 unspecified atom stereocenters. The first-order chi connectivity index (χ1) is 10.8. The zero-order chi connectivity index (χ0) is 14.9. The molecular weight excluding hydrogens is 298 g/mol. The first-order valence-electron chi connectivity index (χ1n) is 7.72. The lowest BCUT2D eigenvalue weighted by molar-refractivity contribution is 0.0243. The van der Waals surface area contributed by atoms with E-state index in [1.54, 1.807) is 6.20 Å². The molecule has 0 radical (unpaired) electrons.